The lowest BCUT2D eigenvalue weighted by atomic mass is 10.0. The molecule has 90 valence electrons. The average molecular weight is 221 g/mol. The highest BCUT2D eigenvalue weighted by Crippen LogP contribution is 2.19. The SMILES string of the molecule is CCC(CC)CN(CC)c1cncc(N)c1. The van der Waals surface area contributed by atoms with Crippen molar-refractivity contribution in [2.45, 2.75) is 33.6 Å². The van der Waals surface area contributed by atoms with Crippen LogP contribution in [0.3, 0.4) is 0 Å². The number of nitrogen functional groups attached to an aromatic ring is 1. The minimum atomic E-state index is 0.737. The number of nitrogens with zero attached hydrogens (tertiary/aromatic N) is 2. The first kappa shape index (κ1) is 12.8. The standard InChI is InChI=1S/C13H23N3/c1-4-11(5-2)10-16(6-3)13-7-12(14)8-15-9-13/h7-9,11H,4-6,10,14H2,1-3H3. The lowest BCUT2D eigenvalue weighted by Gasteiger charge is -2.27. The van der Waals surface area contributed by atoms with Gasteiger partial charge < -0.3 is 10.6 Å². The van der Waals surface area contributed by atoms with Crippen molar-refractivity contribution in [3.63, 3.8) is 0 Å². The van der Waals surface area contributed by atoms with E-state index in [0.717, 1.165) is 30.4 Å². The van der Waals surface area contributed by atoms with Gasteiger partial charge in [0.15, 0.2) is 0 Å². The molecule has 0 spiro atoms. The van der Waals surface area contributed by atoms with Crippen LogP contribution in [0.2, 0.25) is 0 Å². The molecule has 0 fully saturated rings. The van der Waals surface area contributed by atoms with Crippen LogP contribution in [0.15, 0.2) is 18.5 Å². The van der Waals surface area contributed by atoms with Gasteiger partial charge in [-0.1, -0.05) is 26.7 Å². The molecular formula is C13H23N3. The molecule has 2 N–H and O–H groups in total. The first-order valence-corrected chi connectivity index (χ1v) is 6.16. The van der Waals surface area contributed by atoms with Gasteiger partial charge >= 0.3 is 0 Å². The molecule has 1 rings (SSSR count). The topological polar surface area (TPSA) is 42.2 Å². The number of anilines is 2. The minimum Gasteiger partial charge on any atom is -0.397 e. The monoisotopic (exact) mass is 221 g/mol. The average Bonchev–Trinajstić information content (AvgIpc) is 2.31. The normalized spacial score (nSPS) is 10.8. The molecule has 0 bridgehead atoms. The van der Waals surface area contributed by atoms with Gasteiger partial charge in [-0.05, 0) is 18.9 Å². The Morgan fingerprint density at radius 2 is 1.94 bits per heavy atom. The summed E-state index contributed by atoms with van der Waals surface area (Å²) in [5, 5.41) is 0. The Morgan fingerprint density at radius 1 is 1.25 bits per heavy atom. The fourth-order valence-corrected chi connectivity index (χ4v) is 1.89. The Balaban J connectivity index is 2.74. The van der Waals surface area contributed by atoms with Crippen LogP contribution in [-0.4, -0.2) is 18.1 Å². The molecule has 0 atom stereocenters. The summed E-state index contributed by atoms with van der Waals surface area (Å²) in [6.45, 7) is 8.76. The number of nitrogens with two attached hydrogens (primary N) is 1. The molecule has 3 nitrogen and oxygen atoms in total. The van der Waals surface area contributed by atoms with E-state index < -0.39 is 0 Å². The van der Waals surface area contributed by atoms with E-state index in [4.69, 9.17) is 5.73 Å². The molecular weight excluding hydrogens is 198 g/mol. The second-order valence-corrected chi connectivity index (χ2v) is 4.20. The summed E-state index contributed by atoms with van der Waals surface area (Å²) < 4.78 is 0. The van der Waals surface area contributed by atoms with Crippen molar-refractivity contribution < 1.29 is 0 Å². The summed E-state index contributed by atoms with van der Waals surface area (Å²) in [7, 11) is 0. The smallest absolute Gasteiger partial charge is 0.0573 e. The number of aromatic nitrogens is 1. The lowest BCUT2D eigenvalue weighted by molar-refractivity contribution is 0.486. The zero-order valence-electron chi connectivity index (χ0n) is 10.6. The third kappa shape index (κ3) is 3.40. The van der Waals surface area contributed by atoms with E-state index in [0.29, 0.717) is 0 Å². The van der Waals surface area contributed by atoms with Crippen LogP contribution in [0, 0.1) is 5.92 Å². The van der Waals surface area contributed by atoms with Crippen molar-refractivity contribution in [1.82, 2.24) is 4.98 Å². The van der Waals surface area contributed by atoms with Gasteiger partial charge in [0.2, 0.25) is 0 Å². The number of hydrogen-bond donors (Lipinski definition) is 1. The molecule has 1 aromatic heterocycles. The number of rotatable bonds is 6. The van der Waals surface area contributed by atoms with Crippen molar-refractivity contribution in [3.8, 4) is 0 Å². The summed E-state index contributed by atoms with van der Waals surface area (Å²) in [6, 6.07) is 2.00. The van der Waals surface area contributed by atoms with Gasteiger partial charge in [0.05, 0.1) is 17.6 Å². The Bertz CT molecular complexity index is 308. The second-order valence-electron chi connectivity index (χ2n) is 4.20. The molecule has 0 radical (unpaired) electrons. The minimum absolute atomic E-state index is 0.737. The molecule has 0 aromatic carbocycles. The van der Waals surface area contributed by atoms with Gasteiger partial charge in [0, 0.05) is 19.3 Å². The Hall–Kier alpha value is -1.25. The van der Waals surface area contributed by atoms with Crippen molar-refractivity contribution in [2.24, 2.45) is 5.92 Å². The fraction of sp³-hybridized carbons (Fsp3) is 0.615. The van der Waals surface area contributed by atoms with Crippen molar-refractivity contribution in [2.75, 3.05) is 23.7 Å². The van der Waals surface area contributed by atoms with Crippen LogP contribution in [0.25, 0.3) is 0 Å². The highest BCUT2D eigenvalue weighted by atomic mass is 15.1. The van der Waals surface area contributed by atoms with Crippen molar-refractivity contribution >= 4 is 11.4 Å². The third-order valence-corrected chi connectivity index (χ3v) is 3.13. The summed E-state index contributed by atoms with van der Waals surface area (Å²) in [5.41, 5.74) is 7.63. The summed E-state index contributed by atoms with van der Waals surface area (Å²) in [5.74, 6) is 0.751. The molecule has 3 heteroatoms. The highest BCUT2D eigenvalue weighted by molar-refractivity contribution is 5.53. The molecule has 0 amide bonds. The zero-order chi connectivity index (χ0) is 12.0. The summed E-state index contributed by atoms with van der Waals surface area (Å²) in [4.78, 5) is 6.49. The van der Waals surface area contributed by atoms with E-state index in [2.05, 4.69) is 30.7 Å². The fourth-order valence-electron chi connectivity index (χ4n) is 1.89. The van der Waals surface area contributed by atoms with E-state index in [1.165, 1.54) is 12.8 Å². The largest absolute Gasteiger partial charge is 0.397 e. The molecule has 16 heavy (non-hydrogen) atoms. The third-order valence-electron chi connectivity index (χ3n) is 3.13. The molecule has 1 aromatic rings. The van der Waals surface area contributed by atoms with Gasteiger partial charge in [-0.3, -0.25) is 4.98 Å². The molecule has 0 saturated heterocycles. The molecule has 1 heterocycles. The van der Waals surface area contributed by atoms with Crippen LogP contribution >= 0.6 is 0 Å². The van der Waals surface area contributed by atoms with Crippen molar-refractivity contribution in [3.05, 3.63) is 18.5 Å². The van der Waals surface area contributed by atoms with Crippen LogP contribution in [0.5, 0.6) is 0 Å². The van der Waals surface area contributed by atoms with Crippen LogP contribution in [-0.2, 0) is 0 Å². The lowest BCUT2D eigenvalue weighted by Crippen LogP contribution is -2.29. The molecule has 0 aliphatic heterocycles. The van der Waals surface area contributed by atoms with Crippen LogP contribution < -0.4 is 10.6 Å². The van der Waals surface area contributed by atoms with E-state index in [1.807, 2.05) is 12.3 Å². The maximum atomic E-state index is 5.76. The molecule has 0 unspecified atom stereocenters. The Kier molecular flexibility index (Phi) is 5.09. The maximum absolute atomic E-state index is 5.76. The maximum Gasteiger partial charge on any atom is 0.0573 e. The molecule has 0 saturated carbocycles. The Labute approximate surface area is 98.7 Å². The van der Waals surface area contributed by atoms with Crippen LogP contribution in [0.1, 0.15) is 33.6 Å². The predicted octanol–water partition coefficient (Wildman–Crippen LogP) is 2.93. The first-order valence-electron chi connectivity index (χ1n) is 6.16. The van der Waals surface area contributed by atoms with Gasteiger partial charge in [0.25, 0.3) is 0 Å². The van der Waals surface area contributed by atoms with Gasteiger partial charge in [-0.25, -0.2) is 0 Å². The van der Waals surface area contributed by atoms with E-state index in [-0.39, 0.29) is 0 Å². The van der Waals surface area contributed by atoms with Gasteiger partial charge in [0.1, 0.15) is 0 Å². The second kappa shape index (κ2) is 6.36. The zero-order valence-corrected chi connectivity index (χ0v) is 10.6. The van der Waals surface area contributed by atoms with Crippen LogP contribution in [0.4, 0.5) is 11.4 Å². The predicted molar refractivity (Wildman–Crippen MR) is 70.6 cm³/mol. The van der Waals surface area contributed by atoms with E-state index >= 15 is 0 Å². The quantitative estimate of drug-likeness (QED) is 0.803. The van der Waals surface area contributed by atoms with E-state index in [1.54, 1.807) is 6.20 Å². The van der Waals surface area contributed by atoms with Gasteiger partial charge in [-0.2, -0.15) is 0 Å². The summed E-state index contributed by atoms with van der Waals surface area (Å²) in [6.07, 6.45) is 6.03. The number of pyridine rings is 1. The van der Waals surface area contributed by atoms with Crippen molar-refractivity contribution in [1.29, 1.82) is 0 Å². The molecule has 0 aliphatic rings. The van der Waals surface area contributed by atoms with Gasteiger partial charge in [-0.15, -0.1) is 0 Å². The first-order chi connectivity index (χ1) is 7.71. The molecule has 0 aliphatic carbocycles. The highest BCUT2D eigenvalue weighted by Gasteiger charge is 2.10. The van der Waals surface area contributed by atoms with E-state index in [9.17, 15) is 0 Å². The Morgan fingerprint density at radius 3 is 2.44 bits per heavy atom. The number of hydrogen-bond acceptors (Lipinski definition) is 3. The summed E-state index contributed by atoms with van der Waals surface area (Å²) >= 11 is 0.